The number of rotatable bonds is 4. The highest BCUT2D eigenvalue weighted by molar-refractivity contribution is 5.11. The number of aromatic nitrogens is 2. The molecular weight excluding hydrogens is 214 g/mol. The first kappa shape index (κ1) is 12.6. The minimum absolute atomic E-state index is 0.0846. The van der Waals surface area contributed by atoms with Crippen LogP contribution in [0.25, 0.3) is 0 Å². The second-order valence-corrected chi connectivity index (χ2v) is 5.02. The predicted octanol–water partition coefficient (Wildman–Crippen LogP) is 1.65. The van der Waals surface area contributed by atoms with Crippen molar-refractivity contribution < 1.29 is 4.74 Å². The van der Waals surface area contributed by atoms with E-state index in [-0.39, 0.29) is 12.1 Å². The molecule has 0 bridgehead atoms. The van der Waals surface area contributed by atoms with E-state index < -0.39 is 0 Å². The van der Waals surface area contributed by atoms with Gasteiger partial charge in [-0.1, -0.05) is 0 Å². The molecule has 0 radical (unpaired) electrons. The van der Waals surface area contributed by atoms with Crippen LogP contribution in [0.15, 0.2) is 6.07 Å². The highest BCUT2D eigenvalue weighted by Crippen LogP contribution is 2.22. The Morgan fingerprint density at radius 2 is 2.35 bits per heavy atom. The van der Waals surface area contributed by atoms with Crippen LogP contribution < -0.4 is 5.73 Å². The lowest BCUT2D eigenvalue weighted by Gasteiger charge is -2.19. The molecule has 1 aromatic heterocycles. The second-order valence-electron chi connectivity index (χ2n) is 5.02. The quantitative estimate of drug-likeness (QED) is 0.866. The first-order chi connectivity index (χ1) is 8.10. The van der Waals surface area contributed by atoms with Crippen molar-refractivity contribution in [2.75, 3.05) is 0 Å². The van der Waals surface area contributed by atoms with E-state index in [1.165, 1.54) is 5.69 Å². The van der Waals surface area contributed by atoms with E-state index in [2.05, 4.69) is 25.0 Å². The lowest BCUT2D eigenvalue weighted by atomic mass is 10.0. The molecule has 0 aromatic carbocycles. The summed E-state index contributed by atoms with van der Waals surface area (Å²) < 4.78 is 7.86. The van der Waals surface area contributed by atoms with Crippen LogP contribution in [0.2, 0.25) is 0 Å². The van der Waals surface area contributed by atoms with Crippen molar-refractivity contribution in [2.45, 2.75) is 64.8 Å². The van der Waals surface area contributed by atoms with E-state index in [9.17, 15) is 0 Å². The highest BCUT2D eigenvalue weighted by Gasteiger charge is 2.27. The fourth-order valence-electron chi connectivity index (χ4n) is 2.56. The Balaban J connectivity index is 1.99. The van der Waals surface area contributed by atoms with Crippen LogP contribution in [0.3, 0.4) is 0 Å². The average molecular weight is 237 g/mol. The van der Waals surface area contributed by atoms with Crippen LogP contribution in [0.4, 0.5) is 0 Å². The predicted molar refractivity (Wildman–Crippen MR) is 67.9 cm³/mol. The maximum atomic E-state index is 6.24. The lowest BCUT2D eigenvalue weighted by Crippen LogP contribution is -2.37. The van der Waals surface area contributed by atoms with Gasteiger partial charge in [-0.25, -0.2) is 0 Å². The van der Waals surface area contributed by atoms with Crippen molar-refractivity contribution in [3.63, 3.8) is 0 Å². The van der Waals surface area contributed by atoms with Crippen LogP contribution in [0.1, 0.15) is 38.1 Å². The molecule has 0 spiro atoms. The molecule has 2 rings (SSSR count). The molecule has 3 unspecified atom stereocenters. The molecule has 3 atom stereocenters. The number of hydrogen-bond donors (Lipinski definition) is 1. The Morgan fingerprint density at radius 1 is 1.59 bits per heavy atom. The summed E-state index contributed by atoms with van der Waals surface area (Å²) in [5, 5.41) is 4.44. The van der Waals surface area contributed by atoms with E-state index in [1.807, 2.05) is 11.6 Å². The fourth-order valence-corrected chi connectivity index (χ4v) is 2.56. The maximum Gasteiger partial charge on any atom is 0.0734 e. The summed E-state index contributed by atoms with van der Waals surface area (Å²) in [5.74, 6) is 0. The summed E-state index contributed by atoms with van der Waals surface area (Å²) in [5.41, 5.74) is 8.53. The van der Waals surface area contributed by atoms with Crippen LogP contribution in [-0.2, 0) is 17.7 Å². The van der Waals surface area contributed by atoms with Crippen LogP contribution in [0, 0.1) is 6.92 Å². The molecule has 1 saturated heterocycles. The first-order valence-corrected chi connectivity index (χ1v) is 6.54. The Labute approximate surface area is 103 Å². The molecule has 1 aromatic rings. The van der Waals surface area contributed by atoms with Crippen molar-refractivity contribution in [2.24, 2.45) is 5.73 Å². The molecule has 2 heterocycles. The molecule has 1 fully saturated rings. The van der Waals surface area contributed by atoms with E-state index in [0.29, 0.717) is 6.10 Å². The zero-order chi connectivity index (χ0) is 12.4. The van der Waals surface area contributed by atoms with E-state index in [0.717, 1.165) is 31.5 Å². The molecule has 2 N–H and O–H groups in total. The molecule has 0 saturated carbocycles. The number of nitrogens with two attached hydrogens (primary N) is 1. The Hall–Kier alpha value is -0.870. The fraction of sp³-hybridized carbons (Fsp3) is 0.769. The third-order valence-electron chi connectivity index (χ3n) is 3.47. The zero-order valence-corrected chi connectivity index (χ0v) is 11.0. The van der Waals surface area contributed by atoms with E-state index >= 15 is 0 Å². The summed E-state index contributed by atoms with van der Waals surface area (Å²) in [4.78, 5) is 0. The average Bonchev–Trinajstić information content (AvgIpc) is 2.85. The topological polar surface area (TPSA) is 53.1 Å². The molecule has 4 nitrogen and oxygen atoms in total. The van der Waals surface area contributed by atoms with E-state index in [1.54, 1.807) is 0 Å². The van der Waals surface area contributed by atoms with Crippen molar-refractivity contribution in [1.29, 1.82) is 0 Å². The summed E-state index contributed by atoms with van der Waals surface area (Å²) in [6.45, 7) is 7.15. The van der Waals surface area contributed by atoms with Gasteiger partial charge in [0.05, 0.1) is 17.9 Å². The summed E-state index contributed by atoms with van der Waals surface area (Å²) in [7, 11) is 0. The molecule has 0 amide bonds. The van der Waals surface area contributed by atoms with Crippen LogP contribution in [0.5, 0.6) is 0 Å². The molecule has 4 heteroatoms. The van der Waals surface area contributed by atoms with Gasteiger partial charge in [-0.2, -0.15) is 5.10 Å². The van der Waals surface area contributed by atoms with Crippen LogP contribution >= 0.6 is 0 Å². The summed E-state index contributed by atoms with van der Waals surface area (Å²) in [6.07, 6.45) is 3.65. The smallest absolute Gasteiger partial charge is 0.0734 e. The van der Waals surface area contributed by atoms with Gasteiger partial charge < -0.3 is 10.5 Å². The molecule has 96 valence electrons. The summed E-state index contributed by atoms with van der Waals surface area (Å²) >= 11 is 0. The van der Waals surface area contributed by atoms with Gasteiger partial charge in [0.1, 0.15) is 0 Å². The summed E-state index contributed by atoms with van der Waals surface area (Å²) in [6, 6.07) is 2.21. The highest BCUT2D eigenvalue weighted by atomic mass is 16.5. The van der Waals surface area contributed by atoms with Crippen molar-refractivity contribution in [3.05, 3.63) is 17.5 Å². The second kappa shape index (κ2) is 5.19. The SMILES string of the molecule is CCn1nc(C)cc1CC(N)C1CCC(C)O1. The van der Waals surface area contributed by atoms with Gasteiger partial charge >= 0.3 is 0 Å². The monoisotopic (exact) mass is 237 g/mol. The zero-order valence-electron chi connectivity index (χ0n) is 11.0. The minimum atomic E-state index is 0.0846. The Kier molecular flexibility index (Phi) is 3.84. The number of hydrogen-bond acceptors (Lipinski definition) is 3. The Bertz CT molecular complexity index is 375. The standard InChI is InChI=1S/C13H23N3O/c1-4-16-11(7-9(2)15-16)8-12(14)13-6-5-10(3)17-13/h7,10,12-13H,4-6,8,14H2,1-3H3. The van der Waals surface area contributed by atoms with Crippen molar-refractivity contribution in [1.82, 2.24) is 9.78 Å². The minimum Gasteiger partial charge on any atom is -0.374 e. The Morgan fingerprint density at radius 3 is 2.94 bits per heavy atom. The number of nitrogens with zero attached hydrogens (tertiary/aromatic N) is 2. The molecule has 1 aliphatic rings. The lowest BCUT2D eigenvalue weighted by molar-refractivity contribution is 0.0401. The van der Waals surface area contributed by atoms with Gasteiger partial charge in [0.2, 0.25) is 0 Å². The van der Waals surface area contributed by atoms with Crippen molar-refractivity contribution >= 4 is 0 Å². The first-order valence-electron chi connectivity index (χ1n) is 6.54. The normalized spacial score (nSPS) is 26.4. The van der Waals surface area contributed by atoms with Gasteiger partial charge in [0.25, 0.3) is 0 Å². The third-order valence-corrected chi connectivity index (χ3v) is 3.47. The molecular formula is C13H23N3O. The maximum absolute atomic E-state index is 6.24. The van der Waals surface area contributed by atoms with Gasteiger partial charge in [-0.05, 0) is 39.7 Å². The molecule has 17 heavy (non-hydrogen) atoms. The van der Waals surface area contributed by atoms with Crippen molar-refractivity contribution in [3.8, 4) is 0 Å². The van der Waals surface area contributed by atoms with Gasteiger partial charge in [0, 0.05) is 24.7 Å². The number of aryl methyl sites for hydroxylation is 2. The molecule has 1 aliphatic heterocycles. The van der Waals surface area contributed by atoms with Crippen LogP contribution in [-0.4, -0.2) is 28.0 Å². The largest absolute Gasteiger partial charge is 0.374 e. The third kappa shape index (κ3) is 2.87. The molecule has 0 aliphatic carbocycles. The number of ether oxygens (including phenoxy) is 1. The van der Waals surface area contributed by atoms with Gasteiger partial charge in [0.15, 0.2) is 0 Å². The van der Waals surface area contributed by atoms with E-state index in [4.69, 9.17) is 10.5 Å². The van der Waals surface area contributed by atoms with Gasteiger partial charge in [-0.3, -0.25) is 4.68 Å². The van der Waals surface area contributed by atoms with Gasteiger partial charge in [-0.15, -0.1) is 0 Å².